The lowest BCUT2D eigenvalue weighted by molar-refractivity contribution is -0.121. The topological polar surface area (TPSA) is 76.7 Å². The number of aryl methyl sites for hydroxylation is 1. The van der Waals surface area contributed by atoms with Crippen molar-refractivity contribution >= 4 is 23.2 Å². The summed E-state index contributed by atoms with van der Waals surface area (Å²) in [5.74, 6) is 0.754. The number of benzene rings is 1. The molecule has 0 saturated carbocycles. The Morgan fingerprint density at radius 2 is 1.78 bits per heavy atom. The molecule has 2 N–H and O–H groups in total. The maximum absolute atomic E-state index is 11.8. The number of carbonyl (C=O) groups excluding carboxylic acids is 2. The second-order valence-electron chi connectivity index (χ2n) is 4.70. The Balaban J connectivity index is 1.83. The van der Waals surface area contributed by atoms with Gasteiger partial charge in [0.2, 0.25) is 5.91 Å². The van der Waals surface area contributed by atoms with Gasteiger partial charge in [0.05, 0.1) is 19.1 Å². The Hall–Kier alpha value is -2.54. The monoisotopic (exact) mass is 334 g/mol. The second kappa shape index (κ2) is 8.19. The highest BCUT2D eigenvalue weighted by Crippen LogP contribution is 2.23. The molecule has 6 nitrogen and oxygen atoms in total. The molecule has 2 amide bonds. The smallest absolute Gasteiger partial charge is 0.279 e. The highest BCUT2D eigenvalue weighted by Gasteiger charge is 2.09. The number of methoxy groups -OCH3 is 2. The third kappa shape index (κ3) is 5.00. The number of hydrogen-bond acceptors (Lipinski definition) is 5. The van der Waals surface area contributed by atoms with E-state index in [9.17, 15) is 9.59 Å². The molecular formula is C16H18N2O4S. The van der Waals surface area contributed by atoms with Gasteiger partial charge >= 0.3 is 0 Å². The van der Waals surface area contributed by atoms with E-state index in [1.165, 1.54) is 11.3 Å². The maximum Gasteiger partial charge on any atom is 0.279 e. The van der Waals surface area contributed by atoms with Crippen LogP contribution in [0.4, 0.5) is 0 Å². The van der Waals surface area contributed by atoms with Gasteiger partial charge in [-0.2, -0.15) is 0 Å². The number of hydrazine groups is 1. The van der Waals surface area contributed by atoms with Gasteiger partial charge in [0, 0.05) is 12.5 Å². The third-order valence-corrected chi connectivity index (χ3v) is 3.98. The van der Waals surface area contributed by atoms with Gasteiger partial charge in [-0.3, -0.25) is 20.4 Å². The second-order valence-corrected chi connectivity index (χ2v) is 5.65. The molecule has 0 spiro atoms. The Morgan fingerprint density at radius 1 is 1.09 bits per heavy atom. The number of rotatable bonds is 6. The molecule has 0 radical (unpaired) electrons. The zero-order valence-electron chi connectivity index (χ0n) is 12.9. The number of amides is 2. The fourth-order valence-corrected chi connectivity index (χ4v) is 2.55. The first-order valence-electron chi connectivity index (χ1n) is 6.97. The van der Waals surface area contributed by atoms with Crippen LogP contribution in [0.25, 0.3) is 0 Å². The summed E-state index contributed by atoms with van der Waals surface area (Å²) in [6, 6.07) is 8.93. The van der Waals surface area contributed by atoms with E-state index in [-0.39, 0.29) is 18.2 Å². The van der Waals surface area contributed by atoms with Gasteiger partial charge in [0.1, 0.15) is 11.5 Å². The number of thiophene rings is 1. The quantitative estimate of drug-likeness (QED) is 0.794. The lowest BCUT2D eigenvalue weighted by Crippen LogP contribution is -2.41. The van der Waals surface area contributed by atoms with Crippen molar-refractivity contribution in [2.24, 2.45) is 0 Å². The molecule has 1 aromatic carbocycles. The van der Waals surface area contributed by atoms with E-state index < -0.39 is 0 Å². The van der Waals surface area contributed by atoms with Crippen LogP contribution in [-0.4, -0.2) is 26.0 Å². The maximum atomic E-state index is 11.8. The van der Waals surface area contributed by atoms with Crippen LogP contribution in [0, 0.1) is 0 Å². The van der Waals surface area contributed by atoms with Crippen molar-refractivity contribution < 1.29 is 19.1 Å². The van der Waals surface area contributed by atoms with Gasteiger partial charge in [0.15, 0.2) is 0 Å². The predicted octanol–water partition coefficient (Wildman–Crippen LogP) is 2.16. The van der Waals surface area contributed by atoms with Crippen molar-refractivity contribution in [3.05, 3.63) is 46.2 Å². The molecular weight excluding hydrogens is 316 g/mol. The van der Waals surface area contributed by atoms with Gasteiger partial charge in [-0.25, -0.2) is 0 Å². The SMILES string of the molecule is COc1cc(CCC(=O)NNC(=O)c2cccs2)cc(OC)c1. The van der Waals surface area contributed by atoms with Crippen molar-refractivity contribution in [1.82, 2.24) is 10.9 Å². The molecule has 0 aliphatic heterocycles. The van der Waals surface area contributed by atoms with Gasteiger partial charge in [-0.15, -0.1) is 11.3 Å². The summed E-state index contributed by atoms with van der Waals surface area (Å²) in [6.07, 6.45) is 0.745. The van der Waals surface area contributed by atoms with E-state index in [4.69, 9.17) is 9.47 Å². The molecule has 0 aliphatic rings. The summed E-state index contributed by atoms with van der Waals surface area (Å²) in [7, 11) is 3.15. The largest absolute Gasteiger partial charge is 0.497 e. The van der Waals surface area contributed by atoms with Crippen molar-refractivity contribution in [2.75, 3.05) is 14.2 Å². The van der Waals surface area contributed by atoms with Crippen molar-refractivity contribution in [3.63, 3.8) is 0 Å². The molecule has 0 fully saturated rings. The number of nitrogens with one attached hydrogen (secondary N) is 2. The molecule has 23 heavy (non-hydrogen) atoms. The van der Waals surface area contributed by atoms with Crippen molar-refractivity contribution in [2.45, 2.75) is 12.8 Å². The van der Waals surface area contributed by atoms with Crippen LogP contribution in [0.1, 0.15) is 21.7 Å². The molecule has 0 bridgehead atoms. The molecule has 122 valence electrons. The Morgan fingerprint density at radius 3 is 2.35 bits per heavy atom. The van der Waals surface area contributed by atoms with Crippen LogP contribution in [0.5, 0.6) is 11.5 Å². The molecule has 1 heterocycles. The number of hydrogen-bond donors (Lipinski definition) is 2. The molecule has 0 atom stereocenters. The molecule has 0 unspecified atom stereocenters. The van der Waals surface area contributed by atoms with Crippen LogP contribution in [0.3, 0.4) is 0 Å². The van der Waals surface area contributed by atoms with Gasteiger partial charge in [-0.1, -0.05) is 6.07 Å². The summed E-state index contributed by atoms with van der Waals surface area (Å²) >= 11 is 1.31. The molecule has 1 aromatic heterocycles. The van der Waals surface area contributed by atoms with E-state index in [0.29, 0.717) is 22.8 Å². The average molecular weight is 334 g/mol. The first kappa shape index (κ1) is 16.8. The Bertz CT molecular complexity index is 648. The van der Waals surface area contributed by atoms with Crippen LogP contribution in [-0.2, 0) is 11.2 Å². The normalized spacial score (nSPS) is 10.0. The summed E-state index contributed by atoms with van der Waals surface area (Å²) in [5, 5.41) is 1.80. The number of ether oxygens (including phenoxy) is 2. The van der Waals surface area contributed by atoms with E-state index in [1.807, 2.05) is 12.1 Å². The fourth-order valence-electron chi connectivity index (χ4n) is 1.93. The summed E-state index contributed by atoms with van der Waals surface area (Å²) < 4.78 is 10.4. The molecule has 7 heteroatoms. The van der Waals surface area contributed by atoms with Crippen LogP contribution in [0.15, 0.2) is 35.7 Å². The minimum absolute atomic E-state index is 0.237. The fraction of sp³-hybridized carbons (Fsp3) is 0.250. The average Bonchev–Trinajstić information content (AvgIpc) is 3.12. The minimum atomic E-state index is -0.323. The molecule has 0 saturated heterocycles. The highest BCUT2D eigenvalue weighted by molar-refractivity contribution is 7.12. The zero-order valence-corrected chi connectivity index (χ0v) is 13.7. The first-order chi connectivity index (χ1) is 11.1. The predicted molar refractivity (Wildman–Crippen MR) is 87.8 cm³/mol. The lowest BCUT2D eigenvalue weighted by Gasteiger charge is -2.09. The molecule has 2 aromatic rings. The molecule has 0 aliphatic carbocycles. The Labute approximate surface area is 138 Å². The summed E-state index contributed by atoms with van der Waals surface area (Å²) in [4.78, 5) is 24.1. The van der Waals surface area contributed by atoms with Crippen LogP contribution < -0.4 is 20.3 Å². The van der Waals surface area contributed by atoms with Crippen LogP contribution in [0.2, 0.25) is 0 Å². The van der Waals surface area contributed by atoms with Gasteiger partial charge in [-0.05, 0) is 35.6 Å². The lowest BCUT2D eigenvalue weighted by atomic mass is 10.1. The first-order valence-corrected chi connectivity index (χ1v) is 7.85. The van der Waals surface area contributed by atoms with Crippen LogP contribution >= 0.6 is 11.3 Å². The molecule has 2 rings (SSSR count). The third-order valence-electron chi connectivity index (χ3n) is 3.11. The van der Waals surface area contributed by atoms with Gasteiger partial charge < -0.3 is 9.47 Å². The van der Waals surface area contributed by atoms with E-state index in [0.717, 1.165) is 5.56 Å². The van der Waals surface area contributed by atoms with Gasteiger partial charge in [0.25, 0.3) is 5.91 Å². The van der Waals surface area contributed by atoms with E-state index in [2.05, 4.69) is 10.9 Å². The number of carbonyl (C=O) groups is 2. The van der Waals surface area contributed by atoms with E-state index in [1.54, 1.807) is 37.8 Å². The summed E-state index contributed by atoms with van der Waals surface area (Å²) in [6.45, 7) is 0. The summed E-state index contributed by atoms with van der Waals surface area (Å²) in [5.41, 5.74) is 5.71. The Kier molecular flexibility index (Phi) is 5.99. The standard InChI is InChI=1S/C16H18N2O4S/c1-21-12-8-11(9-13(10-12)22-2)5-6-15(19)17-18-16(20)14-4-3-7-23-14/h3-4,7-10H,5-6H2,1-2H3,(H,17,19)(H,18,20). The minimum Gasteiger partial charge on any atom is -0.497 e. The van der Waals surface area contributed by atoms with Crippen molar-refractivity contribution in [1.29, 1.82) is 0 Å². The van der Waals surface area contributed by atoms with Crippen molar-refractivity contribution in [3.8, 4) is 11.5 Å². The zero-order chi connectivity index (χ0) is 16.7. The van der Waals surface area contributed by atoms with E-state index >= 15 is 0 Å². The highest BCUT2D eigenvalue weighted by atomic mass is 32.1.